The molecule has 0 aliphatic carbocycles. The molecule has 0 spiro atoms. The molecule has 134 valence electrons. The first-order chi connectivity index (χ1) is 12.7. The van der Waals surface area contributed by atoms with Gasteiger partial charge in [-0.05, 0) is 24.3 Å². The van der Waals surface area contributed by atoms with Crippen molar-refractivity contribution >= 4 is 23.1 Å². The van der Waals surface area contributed by atoms with Crippen LogP contribution in [0.25, 0.3) is 0 Å². The Morgan fingerprint density at radius 2 is 1.62 bits per heavy atom. The Kier molecular flexibility index (Phi) is 4.34. The van der Waals surface area contributed by atoms with Gasteiger partial charge >= 0.3 is 5.91 Å². The Balaban J connectivity index is 1.43. The molecule has 2 aromatic rings. The van der Waals surface area contributed by atoms with E-state index in [0.717, 1.165) is 43.3 Å². The molecule has 6 heteroatoms. The van der Waals surface area contributed by atoms with E-state index in [1.165, 1.54) is 4.90 Å². The Morgan fingerprint density at radius 3 is 2.35 bits per heavy atom. The smallest absolute Gasteiger partial charge is 0.303 e. The van der Waals surface area contributed by atoms with Gasteiger partial charge in [-0.15, -0.1) is 0 Å². The Labute approximate surface area is 152 Å². The number of carbonyl (C=O) groups excluding carboxylic acids is 2. The van der Waals surface area contributed by atoms with Crippen LogP contribution in [-0.4, -0.2) is 51.6 Å². The number of Topliss-reactive ketones (excluding diaryl/α,β-unsaturated/α-hetero) is 1. The SMILES string of the molecule is COc1ccccc1N1CC[NH+](CN2C(=O)C(=O)c3ccccc32)CC1. The van der Waals surface area contributed by atoms with E-state index in [2.05, 4.69) is 11.0 Å². The van der Waals surface area contributed by atoms with E-state index < -0.39 is 11.7 Å². The molecule has 0 saturated carbocycles. The zero-order valence-corrected chi connectivity index (χ0v) is 14.8. The molecule has 2 aliphatic heterocycles. The molecular formula is C20H22N3O3+. The number of amides is 1. The van der Waals surface area contributed by atoms with Crippen molar-refractivity contribution in [1.29, 1.82) is 0 Å². The summed E-state index contributed by atoms with van der Waals surface area (Å²) in [7, 11) is 1.69. The van der Waals surface area contributed by atoms with Crippen molar-refractivity contribution < 1.29 is 19.2 Å². The van der Waals surface area contributed by atoms with Crippen LogP contribution in [0.15, 0.2) is 48.5 Å². The number of nitrogens with one attached hydrogen (secondary N) is 1. The number of fused-ring (bicyclic) bond motifs is 1. The maximum atomic E-state index is 12.3. The van der Waals surface area contributed by atoms with Crippen LogP contribution in [0.5, 0.6) is 5.75 Å². The number of benzene rings is 2. The van der Waals surface area contributed by atoms with E-state index in [0.29, 0.717) is 12.2 Å². The van der Waals surface area contributed by atoms with Gasteiger partial charge in [0.1, 0.15) is 5.75 Å². The molecule has 2 heterocycles. The number of piperazine rings is 1. The van der Waals surface area contributed by atoms with E-state index in [9.17, 15) is 9.59 Å². The number of ether oxygens (including phenoxy) is 1. The molecule has 1 fully saturated rings. The highest BCUT2D eigenvalue weighted by molar-refractivity contribution is 6.52. The topological polar surface area (TPSA) is 54.3 Å². The molecule has 2 aromatic carbocycles. The van der Waals surface area contributed by atoms with Crippen molar-refractivity contribution in [3.63, 3.8) is 0 Å². The van der Waals surface area contributed by atoms with Crippen LogP contribution in [0.1, 0.15) is 10.4 Å². The molecule has 2 aliphatic rings. The zero-order chi connectivity index (χ0) is 18.1. The number of methoxy groups -OCH3 is 1. The minimum absolute atomic E-state index is 0.396. The molecule has 0 bridgehead atoms. The monoisotopic (exact) mass is 352 g/mol. The normalized spacial score (nSPS) is 17.6. The fraction of sp³-hybridized carbons (Fsp3) is 0.300. The molecule has 1 amide bonds. The predicted octanol–water partition coefficient (Wildman–Crippen LogP) is 0.587. The van der Waals surface area contributed by atoms with Crippen molar-refractivity contribution in [1.82, 2.24) is 0 Å². The van der Waals surface area contributed by atoms with Crippen LogP contribution in [0.3, 0.4) is 0 Å². The van der Waals surface area contributed by atoms with Gasteiger partial charge in [0.2, 0.25) is 0 Å². The summed E-state index contributed by atoms with van der Waals surface area (Å²) in [6, 6.07) is 15.3. The van der Waals surface area contributed by atoms with E-state index in [1.54, 1.807) is 24.1 Å². The van der Waals surface area contributed by atoms with Crippen LogP contribution in [0, 0.1) is 0 Å². The number of ketones is 1. The quantitative estimate of drug-likeness (QED) is 0.819. The molecule has 0 aromatic heterocycles. The van der Waals surface area contributed by atoms with Crippen molar-refractivity contribution in [2.24, 2.45) is 0 Å². The van der Waals surface area contributed by atoms with Crippen LogP contribution < -0.4 is 19.4 Å². The summed E-state index contributed by atoms with van der Waals surface area (Å²) in [4.78, 5) is 29.7. The van der Waals surface area contributed by atoms with Crippen molar-refractivity contribution in [2.75, 3.05) is 49.8 Å². The van der Waals surface area contributed by atoms with Gasteiger partial charge in [0.25, 0.3) is 5.78 Å². The van der Waals surface area contributed by atoms with E-state index in [4.69, 9.17) is 4.74 Å². The zero-order valence-electron chi connectivity index (χ0n) is 14.8. The second-order valence-electron chi connectivity index (χ2n) is 6.65. The molecule has 6 nitrogen and oxygen atoms in total. The summed E-state index contributed by atoms with van der Waals surface area (Å²) in [5, 5.41) is 0. The lowest BCUT2D eigenvalue weighted by Gasteiger charge is -2.35. The predicted molar refractivity (Wildman–Crippen MR) is 99.0 cm³/mol. The average molecular weight is 352 g/mol. The fourth-order valence-electron chi connectivity index (χ4n) is 3.74. The van der Waals surface area contributed by atoms with Gasteiger partial charge in [-0.1, -0.05) is 24.3 Å². The van der Waals surface area contributed by atoms with Crippen molar-refractivity contribution in [2.45, 2.75) is 0 Å². The van der Waals surface area contributed by atoms with E-state index in [1.807, 2.05) is 30.3 Å². The summed E-state index contributed by atoms with van der Waals surface area (Å²) in [5.74, 6) is 0.0729. The van der Waals surface area contributed by atoms with Gasteiger partial charge in [0.15, 0.2) is 6.67 Å². The highest BCUT2D eigenvalue weighted by Gasteiger charge is 2.38. The molecule has 1 saturated heterocycles. The third kappa shape index (κ3) is 2.82. The average Bonchev–Trinajstić information content (AvgIpc) is 2.94. The van der Waals surface area contributed by atoms with Crippen LogP contribution >= 0.6 is 0 Å². The number of anilines is 2. The number of hydrogen-bond donors (Lipinski definition) is 1. The van der Waals surface area contributed by atoms with Crippen LogP contribution in [-0.2, 0) is 4.79 Å². The molecule has 0 unspecified atom stereocenters. The van der Waals surface area contributed by atoms with Crippen molar-refractivity contribution in [3.05, 3.63) is 54.1 Å². The number of carbonyl (C=O) groups is 2. The summed E-state index contributed by atoms with van der Waals surface area (Å²) >= 11 is 0. The van der Waals surface area contributed by atoms with E-state index >= 15 is 0 Å². The largest absolute Gasteiger partial charge is 0.495 e. The number of hydrogen-bond acceptors (Lipinski definition) is 4. The highest BCUT2D eigenvalue weighted by Crippen LogP contribution is 2.28. The number of para-hydroxylation sites is 3. The maximum Gasteiger partial charge on any atom is 0.303 e. The summed E-state index contributed by atoms with van der Waals surface area (Å²) in [6.07, 6.45) is 0. The molecule has 4 rings (SSSR count). The van der Waals surface area contributed by atoms with E-state index in [-0.39, 0.29) is 0 Å². The lowest BCUT2D eigenvalue weighted by atomic mass is 10.1. The second kappa shape index (κ2) is 6.80. The molecule has 26 heavy (non-hydrogen) atoms. The fourth-order valence-corrected chi connectivity index (χ4v) is 3.74. The van der Waals surface area contributed by atoms with Gasteiger partial charge in [0.05, 0.1) is 50.2 Å². The second-order valence-corrected chi connectivity index (χ2v) is 6.65. The van der Waals surface area contributed by atoms with Crippen LogP contribution in [0.4, 0.5) is 11.4 Å². The first kappa shape index (κ1) is 16.6. The third-order valence-corrected chi connectivity index (χ3v) is 5.16. The lowest BCUT2D eigenvalue weighted by molar-refractivity contribution is -0.899. The maximum absolute atomic E-state index is 12.3. The van der Waals surface area contributed by atoms with Crippen LogP contribution in [0.2, 0.25) is 0 Å². The number of quaternary nitrogens is 1. The van der Waals surface area contributed by atoms with Gasteiger partial charge in [-0.25, -0.2) is 0 Å². The molecule has 0 radical (unpaired) electrons. The molecule has 1 N–H and O–H groups in total. The minimum Gasteiger partial charge on any atom is -0.495 e. The lowest BCUT2D eigenvalue weighted by Crippen LogP contribution is -3.16. The number of rotatable bonds is 4. The molecule has 0 atom stereocenters. The summed E-state index contributed by atoms with van der Waals surface area (Å²) < 4.78 is 5.46. The molecular weight excluding hydrogens is 330 g/mol. The van der Waals surface area contributed by atoms with Crippen molar-refractivity contribution in [3.8, 4) is 5.75 Å². The Morgan fingerprint density at radius 1 is 0.962 bits per heavy atom. The Hall–Kier alpha value is -2.86. The minimum atomic E-state index is -0.411. The first-order valence-electron chi connectivity index (χ1n) is 8.86. The van der Waals surface area contributed by atoms with Gasteiger partial charge in [-0.3, -0.25) is 14.5 Å². The Bertz CT molecular complexity index is 844. The standard InChI is InChI=1S/C20H21N3O3/c1-26-18-9-5-4-8-17(18)22-12-10-21(11-13-22)14-23-16-7-3-2-6-15(16)19(24)20(23)25/h2-9H,10-14H2,1H3/p+1. The van der Waals surface area contributed by atoms with Gasteiger partial charge in [0, 0.05) is 0 Å². The third-order valence-electron chi connectivity index (χ3n) is 5.16. The summed E-state index contributed by atoms with van der Waals surface area (Å²) in [5.41, 5.74) is 2.36. The number of nitrogens with zero attached hydrogens (tertiary/aromatic N) is 2. The first-order valence-corrected chi connectivity index (χ1v) is 8.86. The highest BCUT2D eigenvalue weighted by atomic mass is 16.5. The summed E-state index contributed by atoms with van der Waals surface area (Å²) in [6.45, 7) is 4.10. The van der Waals surface area contributed by atoms with Gasteiger partial charge < -0.3 is 14.5 Å². The van der Waals surface area contributed by atoms with Gasteiger partial charge in [-0.2, -0.15) is 0 Å².